The van der Waals surface area contributed by atoms with E-state index < -0.39 is 0 Å². The first-order valence-corrected chi connectivity index (χ1v) is 7.00. The lowest BCUT2D eigenvalue weighted by atomic mass is 10.1. The van der Waals surface area contributed by atoms with Crippen LogP contribution in [0.2, 0.25) is 5.02 Å². The minimum Gasteiger partial charge on any atom is -0.364 e. The van der Waals surface area contributed by atoms with E-state index in [1.807, 2.05) is 25.1 Å². The van der Waals surface area contributed by atoms with Crippen LogP contribution < -0.4 is 5.43 Å². The van der Waals surface area contributed by atoms with Crippen LogP contribution in [-0.2, 0) is 0 Å². The quantitative estimate of drug-likeness (QED) is 0.947. The Morgan fingerprint density at radius 3 is 2.62 bits per heavy atom. The summed E-state index contributed by atoms with van der Waals surface area (Å²) in [4.78, 5) is 28.8. The Labute approximate surface area is 128 Å². The number of nitrogens with one attached hydrogen (secondary N) is 1. The largest absolute Gasteiger partial charge is 0.364 e. The molecule has 0 saturated carbocycles. The third-order valence-corrected chi connectivity index (χ3v) is 3.89. The highest BCUT2D eigenvalue weighted by Crippen LogP contribution is 2.26. The molecule has 0 bridgehead atoms. The van der Waals surface area contributed by atoms with Gasteiger partial charge in [0.25, 0.3) is 5.91 Å². The third-order valence-electron chi connectivity index (χ3n) is 3.54. The van der Waals surface area contributed by atoms with Crippen LogP contribution in [0.3, 0.4) is 0 Å². The Morgan fingerprint density at radius 2 is 2.00 bits per heavy atom. The molecule has 0 aliphatic heterocycles. The second-order valence-corrected chi connectivity index (χ2v) is 5.41. The number of carbonyl (C=O) groups is 1. The van der Waals surface area contributed by atoms with E-state index in [0.29, 0.717) is 5.02 Å². The number of aryl methyl sites for hydroxylation is 1. The lowest BCUT2D eigenvalue weighted by Gasteiger charge is -2.26. The van der Waals surface area contributed by atoms with Gasteiger partial charge < -0.3 is 9.88 Å². The molecule has 0 spiro atoms. The maximum atomic E-state index is 12.5. The number of aromatic nitrogens is 1. The summed E-state index contributed by atoms with van der Waals surface area (Å²) in [5, 5.41) is 0.600. The SMILES string of the molecule is Cc1cc(=O)c(C(=O)N(C)C(C)c2ccccc2Cl)c[nH]1. The minimum atomic E-state index is -0.330. The number of H-pyrrole nitrogens is 1. The Balaban J connectivity index is 2.31. The van der Waals surface area contributed by atoms with Crippen LogP contribution in [0.4, 0.5) is 0 Å². The fraction of sp³-hybridized carbons (Fsp3) is 0.250. The van der Waals surface area contributed by atoms with Crippen LogP contribution in [0.15, 0.2) is 41.3 Å². The van der Waals surface area contributed by atoms with Gasteiger partial charge in [-0.1, -0.05) is 29.8 Å². The summed E-state index contributed by atoms with van der Waals surface area (Å²) in [6.45, 7) is 3.65. The molecule has 2 aromatic rings. The van der Waals surface area contributed by atoms with Crippen molar-refractivity contribution in [3.8, 4) is 0 Å². The summed E-state index contributed by atoms with van der Waals surface area (Å²) in [6, 6.07) is 8.55. The number of aromatic amines is 1. The van der Waals surface area contributed by atoms with Crippen LogP contribution in [0, 0.1) is 6.92 Å². The average Bonchev–Trinajstić information content (AvgIpc) is 2.45. The van der Waals surface area contributed by atoms with Crippen LogP contribution in [0.5, 0.6) is 0 Å². The lowest BCUT2D eigenvalue weighted by molar-refractivity contribution is 0.0741. The third kappa shape index (κ3) is 3.16. The number of rotatable bonds is 3. The van der Waals surface area contributed by atoms with Crippen LogP contribution in [0.25, 0.3) is 0 Å². The zero-order chi connectivity index (χ0) is 15.6. The van der Waals surface area contributed by atoms with Gasteiger partial charge in [-0.05, 0) is 25.5 Å². The highest BCUT2D eigenvalue weighted by molar-refractivity contribution is 6.31. The molecule has 0 aliphatic carbocycles. The van der Waals surface area contributed by atoms with Crippen LogP contribution >= 0.6 is 11.6 Å². The van der Waals surface area contributed by atoms with Crippen LogP contribution in [-0.4, -0.2) is 22.8 Å². The van der Waals surface area contributed by atoms with Gasteiger partial charge in [-0.3, -0.25) is 9.59 Å². The highest BCUT2D eigenvalue weighted by Gasteiger charge is 2.22. The number of carbonyl (C=O) groups excluding carboxylic acids is 1. The van der Waals surface area contributed by atoms with E-state index in [-0.39, 0.29) is 22.9 Å². The number of nitrogens with zero attached hydrogens (tertiary/aromatic N) is 1. The standard InChI is InChI=1S/C16H17ClN2O2/c1-10-8-15(20)13(9-18-10)16(21)19(3)11(2)12-6-4-5-7-14(12)17/h4-9,11H,1-3H3,(H,18,20). The van der Waals surface area contributed by atoms with Crippen molar-refractivity contribution in [2.24, 2.45) is 0 Å². The molecule has 0 aliphatic rings. The smallest absolute Gasteiger partial charge is 0.259 e. The number of pyridine rings is 1. The normalized spacial score (nSPS) is 12.0. The molecule has 1 heterocycles. The van der Waals surface area contributed by atoms with E-state index >= 15 is 0 Å². The first-order valence-electron chi connectivity index (χ1n) is 6.62. The molecule has 1 unspecified atom stereocenters. The van der Waals surface area contributed by atoms with Crippen molar-refractivity contribution >= 4 is 17.5 Å². The van der Waals surface area contributed by atoms with Crippen molar-refractivity contribution in [2.45, 2.75) is 19.9 Å². The topological polar surface area (TPSA) is 53.2 Å². The van der Waals surface area contributed by atoms with Gasteiger partial charge in [0, 0.05) is 30.0 Å². The van der Waals surface area contributed by atoms with Crippen molar-refractivity contribution < 1.29 is 4.79 Å². The van der Waals surface area contributed by atoms with E-state index in [2.05, 4.69) is 4.98 Å². The summed E-state index contributed by atoms with van der Waals surface area (Å²) >= 11 is 6.16. The number of amides is 1. The molecule has 110 valence electrons. The average molecular weight is 305 g/mol. The molecule has 21 heavy (non-hydrogen) atoms. The predicted molar refractivity (Wildman–Crippen MR) is 83.8 cm³/mol. The summed E-state index contributed by atoms with van der Waals surface area (Å²) in [7, 11) is 1.66. The Hall–Kier alpha value is -2.07. The van der Waals surface area contributed by atoms with Crippen molar-refractivity contribution in [1.82, 2.24) is 9.88 Å². The molecule has 1 amide bonds. The second-order valence-electron chi connectivity index (χ2n) is 5.01. The van der Waals surface area contributed by atoms with Gasteiger partial charge in [-0.2, -0.15) is 0 Å². The summed E-state index contributed by atoms with van der Waals surface area (Å²) in [5.41, 5.74) is 1.41. The number of hydrogen-bond acceptors (Lipinski definition) is 2. The molecule has 4 nitrogen and oxygen atoms in total. The Bertz CT molecular complexity index is 724. The summed E-state index contributed by atoms with van der Waals surface area (Å²) in [6.07, 6.45) is 1.45. The number of halogens is 1. The van der Waals surface area contributed by atoms with Gasteiger partial charge in [-0.15, -0.1) is 0 Å². The van der Waals surface area contributed by atoms with Crippen molar-refractivity contribution in [1.29, 1.82) is 0 Å². The molecular weight excluding hydrogens is 288 g/mol. The molecule has 1 N–H and O–H groups in total. The minimum absolute atomic E-state index is 0.127. The Kier molecular flexibility index (Phi) is 4.48. The predicted octanol–water partition coefficient (Wildman–Crippen LogP) is 3.17. The molecule has 1 atom stereocenters. The van der Waals surface area contributed by atoms with Gasteiger partial charge in [0.05, 0.1) is 6.04 Å². The van der Waals surface area contributed by atoms with Gasteiger partial charge in [0.15, 0.2) is 5.43 Å². The van der Waals surface area contributed by atoms with E-state index in [1.54, 1.807) is 20.0 Å². The molecular formula is C16H17ClN2O2. The highest BCUT2D eigenvalue weighted by atomic mass is 35.5. The van der Waals surface area contributed by atoms with Gasteiger partial charge in [0.2, 0.25) is 0 Å². The van der Waals surface area contributed by atoms with E-state index in [1.165, 1.54) is 17.2 Å². The Morgan fingerprint density at radius 1 is 1.33 bits per heavy atom. The monoisotopic (exact) mass is 304 g/mol. The fourth-order valence-corrected chi connectivity index (χ4v) is 2.42. The van der Waals surface area contributed by atoms with Crippen molar-refractivity contribution in [3.05, 3.63) is 68.6 Å². The van der Waals surface area contributed by atoms with E-state index in [4.69, 9.17) is 11.6 Å². The molecule has 0 radical (unpaired) electrons. The van der Waals surface area contributed by atoms with Crippen LogP contribution in [0.1, 0.15) is 34.6 Å². The first kappa shape index (κ1) is 15.3. The maximum Gasteiger partial charge on any atom is 0.259 e. The van der Waals surface area contributed by atoms with Gasteiger partial charge in [-0.25, -0.2) is 0 Å². The fourth-order valence-electron chi connectivity index (χ4n) is 2.13. The molecule has 1 aromatic heterocycles. The lowest BCUT2D eigenvalue weighted by Crippen LogP contribution is -2.33. The molecule has 5 heteroatoms. The first-order chi connectivity index (χ1) is 9.91. The molecule has 0 fully saturated rings. The van der Waals surface area contributed by atoms with Crippen molar-refractivity contribution in [2.75, 3.05) is 7.05 Å². The summed E-state index contributed by atoms with van der Waals surface area (Å²) < 4.78 is 0. The zero-order valence-corrected chi connectivity index (χ0v) is 12.9. The maximum absolute atomic E-state index is 12.5. The van der Waals surface area contributed by atoms with E-state index in [0.717, 1.165) is 11.3 Å². The van der Waals surface area contributed by atoms with Crippen molar-refractivity contribution in [3.63, 3.8) is 0 Å². The van der Waals surface area contributed by atoms with Gasteiger partial charge >= 0.3 is 0 Å². The molecule has 1 aromatic carbocycles. The molecule has 2 rings (SSSR count). The second kappa shape index (κ2) is 6.14. The number of hydrogen-bond donors (Lipinski definition) is 1. The van der Waals surface area contributed by atoms with Gasteiger partial charge in [0.1, 0.15) is 5.56 Å². The number of benzene rings is 1. The molecule has 0 saturated heterocycles. The summed E-state index contributed by atoms with van der Waals surface area (Å²) in [5.74, 6) is -0.330. The zero-order valence-electron chi connectivity index (χ0n) is 12.2. The van der Waals surface area contributed by atoms with E-state index in [9.17, 15) is 9.59 Å².